The van der Waals surface area contributed by atoms with Gasteiger partial charge in [-0.3, -0.25) is 14.4 Å². The van der Waals surface area contributed by atoms with E-state index in [0.717, 1.165) is 10.5 Å². The standard InChI is InChI=1S/C20H25Cl2N3O3/c1-10(2)12-7-17(26)25(19(12)28)16-9-15(13(21)8-14(16)22)23-11(3)18(27)24-20(4,5)6/h8-9,11,23H,7H2,1-6H3,(H,24,27). The number of rotatable bonds is 4. The van der Waals surface area contributed by atoms with Crippen LogP contribution < -0.4 is 15.5 Å². The number of hydrogen-bond donors (Lipinski definition) is 2. The van der Waals surface area contributed by atoms with E-state index in [0.29, 0.717) is 11.3 Å². The highest BCUT2D eigenvalue weighted by Gasteiger charge is 2.37. The molecule has 28 heavy (non-hydrogen) atoms. The first-order valence-electron chi connectivity index (χ1n) is 8.93. The van der Waals surface area contributed by atoms with Crippen LogP contribution in [-0.2, 0) is 14.4 Å². The largest absolute Gasteiger partial charge is 0.373 e. The SMILES string of the molecule is CC(C)=C1CC(=O)N(c2cc(NC(C)C(=O)NC(C)(C)C)c(Cl)cc2Cl)C1=O. The van der Waals surface area contributed by atoms with Gasteiger partial charge in [-0.1, -0.05) is 28.8 Å². The molecule has 6 nitrogen and oxygen atoms in total. The Morgan fingerprint density at radius 2 is 1.75 bits per heavy atom. The van der Waals surface area contributed by atoms with Crippen LogP contribution in [0.4, 0.5) is 11.4 Å². The molecule has 1 saturated heterocycles. The fourth-order valence-electron chi connectivity index (χ4n) is 2.78. The van der Waals surface area contributed by atoms with Gasteiger partial charge in [0, 0.05) is 11.1 Å². The highest BCUT2D eigenvalue weighted by atomic mass is 35.5. The lowest BCUT2D eigenvalue weighted by Gasteiger charge is -2.25. The van der Waals surface area contributed by atoms with Crippen LogP contribution in [0.1, 0.15) is 48.0 Å². The van der Waals surface area contributed by atoms with Gasteiger partial charge in [-0.2, -0.15) is 0 Å². The predicted octanol–water partition coefficient (Wildman–Crippen LogP) is 4.31. The lowest BCUT2D eigenvalue weighted by Crippen LogP contribution is -2.47. The molecule has 1 heterocycles. The van der Waals surface area contributed by atoms with E-state index in [1.807, 2.05) is 20.8 Å². The molecule has 0 saturated carbocycles. The van der Waals surface area contributed by atoms with Gasteiger partial charge in [0.2, 0.25) is 11.8 Å². The molecule has 1 fully saturated rings. The van der Waals surface area contributed by atoms with Crippen LogP contribution in [-0.4, -0.2) is 29.3 Å². The lowest BCUT2D eigenvalue weighted by atomic mass is 10.1. The van der Waals surface area contributed by atoms with E-state index in [4.69, 9.17) is 23.2 Å². The molecular weight excluding hydrogens is 401 g/mol. The second kappa shape index (κ2) is 8.13. The van der Waals surface area contributed by atoms with Crippen molar-refractivity contribution in [3.05, 3.63) is 33.3 Å². The molecule has 0 spiro atoms. The quantitative estimate of drug-likeness (QED) is 0.556. The molecule has 2 rings (SSSR count). The number of anilines is 2. The Morgan fingerprint density at radius 1 is 1.14 bits per heavy atom. The summed E-state index contributed by atoms with van der Waals surface area (Å²) in [6.45, 7) is 10.9. The zero-order valence-corrected chi connectivity index (χ0v) is 18.4. The smallest absolute Gasteiger partial charge is 0.261 e. The lowest BCUT2D eigenvalue weighted by molar-refractivity contribution is -0.123. The van der Waals surface area contributed by atoms with E-state index >= 15 is 0 Å². The van der Waals surface area contributed by atoms with Crippen molar-refractivity contribution in [1.29, 1.82) is 0 Å². The Morgan fingerprint density at radius 3 is 2.25 bits per heavy atom. The van der Waals surface area contributed by atoms with Gasteiger partial charge in [0.1, 0.15) is 6.04 Å². The monoisotopic (exact) mass is 425 g/mol. The summed E-state index contributed by atoms with van der Waals surface area (Å²) in [5.74, 6) is -0.950. The normalized spacial score (nSPS) is 15.7. The Kier molecular flexibility index (Phi) is 6.46. The third-order valence-corrected chi connectivity index (χ3v) is 4.80. The molecule has 0 bridgehead atoms. The van der Waals surface area contributed by atoms with Gasteiger partial charge in [0.15, 0.2) is 0 Å². The summed E-state index contributed by atoms with van der Waals surface area (Å²) >= 11 is 12.5. The van der Waals surface area contributed by atoms with Crippen LogP contribution in [0.5, 0.6) is 0 Å². The van der Waals surface area contributed by atoms with E-state index in [2.05, 4.69) is 10.6 Å². The van der Waals surface area contributed by atoms with Crippen molar-refractivity contribution < 1.29 is 14.4 Å². The van der Waals surface area contributed by atoms with Crippen molar-refractivity contribution in [2.24, 2.45) is 0 Å². The van der Waals surface area contributed by atoms with Crippen LogP contribution in [0.15, 0.2) is 23.3 Å². The van der Waals surface area contributed by atoms with Crippen molar-refractivity contribution in [3.8, 4) is 0 Å². The molecule has 1 unspecified atom stereocenters. The van der Waals surface area contributed by atoms with Gasteiger partial charge in [-0.05, 0) is 53.7 Å². The van der Waals surface area contributed by atoms with Crippen molar-refractivity contribution in [2.75, 3.05) is 10.2 Å². The van der Waals surface area contributed by atoms with Gasteiger partial charge >= 0.3 is 0 Å². The first-order chi connectivity index (χ1) is 12.8. The number of imide groups is 1. The first kappa shape index (κ1) is 22.2. The molecule has 1 aliphatic rings. The Balaban J connectivity index is 2.35. The van der Waals surface area contributed by atoms with E-state index in [-0.39, 0.29) is 39.5 Å². The maximum Gasteiger partial charge on any atom is 0.261 e. The second-order valence-electron chi connectivity index (χ2n) is 8.08. The topological polar surface area (TPSA) is 78.5 Å². The predicted molar refractivity (Wildman–Crippen MR) is 113 cm³/mol. The third-order valence-electron chi connectivity index (χ3n) is 4.18. The molecular formula is C20H25Cl2N3O3. The summed E-state index contributed by atoms with van der Waals surface area (Å²) in [4.78, 5) is 38.5. The van der Waals surface area contributed by atoms with Crippen LogP contribution in [0.25, 0.3) is 0 Å². The minimum atomic E-state index is -0.593. The van der Waals surface area contributed by atoms with E-state index in [1.54, 1.807) is 20.8 Å². The molecule has 0 aliphatic carbocycles. The average Bonchev–Trinajstić information content (AvgIpc) is 2.83. The van der Waals surface area contributed by atoms with Crippen molar-refractivity contribution in [2.45, 2.75) is 59.5 Å². The maximum atomic E-state index is 12.7. The Hall–Kier alpha value is -2.05. The summed E-state index contributed by atoms with van der Waals surface area (Å²) in [6.07, 6.45) is 0.0350. The van der Waals surface area contributed by atoms with Crippen LogP contribution in [0.2, 0.25) is 10.0 Å². The minimum Gasteiger partial charge on any atom is -0.373 e. The van der Waals surface area contributed by atoms with Crippen LogP contribution in [0.3, 0.4) is 0 Å². The fourth-order valence-corrected chi connectivity index (χ4v) is 3.31. The summed E-state index contributed by atoms with van der Waals surface area (Å²) in [5, 5.41) is 6.36. The number of carbonyl (C=O) groups excluding carboxylic acids is 3. The minimum absolute atomic E-state index is 0.0350. The van der Waals surface area contributed by atoms with E-state index in [1.165, 1.54) is 12.1 Å². The van der Waals surface area contributed by atoms with E-state index < -0.39 is 11.9 Å². The van der Waals surface area contributed by atoms with Crippen molar-refractivity contribution in [3.63, 3.8) is 0 Å². The number of hydrogen-bond acceptors (Lipinski definition) is 4. The molecule has 152 valence electrons. The van der Waals surface area contributed by atoms with Gasteiger partial charge in [0.25, 0.3) is 5.91 Å². The van der Waals surface area contributed by atoms with Crippen LogP contribution >= 0.6 is 23.2 Å². The molecule has 8 heteroatoms. The summed E-state index contributed by atoms with van der Waals surface area (Å²) in [7, 11) is 0. The van der Waals surface area contributed by atoms with Gasteiger partial charge in [0.05, 0.1) is 27.8 Å². The molecule has 0 radical (unpaired) electrons. The summed E-state index contributed by atoms with van der Waals surface area (Å²) in [6, 6.07) is 2.38. The van der Waals surface area contributed by atoms with Gasteiger partial charge in [-0.15, -0.1) is 0 Å². The summed E-state index contributed by atoms with van der Waals surface area (Å²) < 4.78 is 0. The number of amides is 3. The zero-order chi connectivity index (χ0) is 21.4. The molecule has 1 aliphatic heterocycles. The third kappa shape index (κ3) is 4.86. The molecule has 1 atom stereocenters. The average molecular weight is 426 g/mol. The van der Waals surface area contributed by atoms with Crippen LogP contribution in [0, 0.1) is 0 Å². The molecule has 1 aromatic carbocycles. The Labute approximate surface area is 175 Å². The maximum absolute atomic E-state index is 12.7. The van der Waals surface area contributed by atoms with Crippen molar-refractivity contribution in [1.82, 2.24) is 5.32 Å². The highest BCUT2D eigenvalue weighted by molar-refractivity contribution is 6.40. The van der Waals surface area contributed by atoms with Gasteiger partial charge in [-0.25, -0.2) is 4.90 Å². The number of benzene rings is 1. The number of nitrogens with one attached hydrogen (secondary N) is 2. The highest BCUT2D eigenvalue weighted by Crippen LogP contribution is 2.38. The van der Waals surface area contributed by atoms with Crippen molar-refractivity contribution >= 4 is 52.3 Å². The molecule has 0 aromatic heterocycles. The Bertz CT molecular complexity index is 868. The number of allylic oxidation sites excluding steroid dienone is 1. The first-order valence-corrected chi connectivity index (χ1v) is 9.68. The zero-order valence-electron chi connectivity index (χ0n) is 16.9. The second-order valence-corrected chi connectivity index (χ2v) is 8.89. The number of nitrogens with zero attached hydrogens (tertiary/aromatic N) is 1. The van der Waals surface area contributed by atoms with Gasteiger partial charge < -0.3 is 10.6 Å². The summed E-state index contributed by atoms with van der Waals surface area (Å²) in [5.41, 5.74) is 1.52. The van der Waals surface area contributed by atoms with E-state index in [9.17, 15) is 14.4 Å². The fraction of sp³-hybridized carbons (Fsp3) is 0.450. The number of carbonyl (C=O) groups is 3. The molecule has 2 N–H and O–H groups in total. The number of halogens is 2. The molecule has 1 aromatic rings. The molecule has 3 amide bonds.